The molecule has 0 aromatic heterocycles. The zero-order valence-corrected chi connectivity index (χ0v) is 14.9. The molecule has 2 aromatic rings. The molecule has 0 spiro atoms. The van der Waals surface area contributed by atoms with E-state index >= 15 is 0 Å². The van der Waals surface area contributed by atoms with E-state index in [9.17, 15) is 9.59 Å². The van der Waals surface area contributed by atoms with Gasteiger partial charge >= 0.3 is 0 Å². The highest BCUT2D eigenvalue weighted by molar-refractivity contribution is 8.18. The summed E-state index contributed by atoms with van der Waals surface area (Å²) in [6.45, 7) is 0.0990. The molecule has 3 rings (SSSR count). The Hall–Kier alpha value is -2.44. The van der Waals surface area contributed by atoms with Crippen molar-refractivity contribution in [3.63, 3.8) is 0 Å². The van der Waals surface area contributed by atoms with Gasteiger partial charge in [-0.1, -0.05) is 23.7 Å². The lowest BCUT2D eigenvalue weighted by molar-refractivity contribution is -0.122. The number of carbonyl (C=O) groups is 2. The van der Waals surface area contributed by atoms with Crippen LogP contribution in [0.5, 0.6) is 5.75 Å². The Morgan fingerprint density at radius 2 is 1.96 bits per heavy atom. The lowest BCUT2D eigenvalue weighted by Crippen LogP contribution is -2.33. The van der Waals surface area contributed by atoms with E-state index in [1.807, 2.05) is 18.2 Å². The molecule has 7 heteroatoms. The molecule has 25 heavy (non-hydrogen) atoms. The minimum Gasteiger partial charge on any atom is -0.497 e. The van der Waals surface area contributed by atoms with E-state index in [1.165, 1.54) is 4.90 Å². The van der Waals surface area contributed by atoms with Crippen molar-refractivity contribution in [2.75, 3.05) is 19.1 Å². The highest BCUT2D eigenvalue weighted by Crippen LogP contribution is 2.32. The summed E-state index contributed by atoms with van der Waals surface area (Å²) in [5.41, 5.74) is 1.58. The molecular formula is C18H15ClN2O3S. The predicted molar refractivity (Wildman–Crippen MR) is 101 cm³/mol. The van der Waals surface area contributed by atoms with E-state index < -0.39 is 0 Å². The number of methoxy groups -OCH3 is 1. The molecular weight excluding hydrogens is 360 g/mol. The SMILES string of the molecule is COc1cccc(/C=C2/SC(=O)N(CNc3ccc(Cl)cc3)C2=O)c1. The number of ether oxygens (including phenoxy) is 1. The maximum Gasteiger partial charge on any atom is 0.295 e. The zero-order valence-electron chi connectivity index (χ0n) is 13.4. The van der Waals surface area contributed by atoms with Crippen molar-refractivity contribution in [3.05, 3.63) is 64.0 Å². The Balaban J connectivity index is 1.71. The van der Waals surface area contributed by atoms with Crippen molar-refractivity contribution in [3.8, 4) is 5.75 Å². The van der Waals surface area contributed by atoms with E-state index in [0.717, 1.165) is 23.0 Å². The van der Waals surface area contributed by atoms with Gasteiger partial charge in [-0.3, -0.25) is 14.5 Å². The first-order valence-electron chi connectivity index (χ1n) is 7.45. The number of anilines is 1. The van der Waals surface area contributed by atoms with E-state index in [2.05, 4.69) is 5.32 Å². The van der Waals surface area contributed by atoms with Crippen LogP contribution < -0.4 is 10.1 Å². The summed E-state index contributed by atoms with van der Waals surface area (Å²) in [5, 5.41) is 3.36. The molecule has 128 valence electrons. The maximum atomic E-state index is 12.5. The lowest BCUT2D eigenvalue weighted by Gasteiger charge is -2.14. The van der Waals surface area contributed by atoms with Gasteiger partial charge in [0.25, 0.3) is 11.1 Å². The number of carbonyl (C=O) groups excluding carboxylic acids is 2. The number of imide groups is 1. The van der Waals surface area contributed by atoms with Crippen LogP contribution in [0.1, 0.15) is 5.56 Å². The average Bonchev–Trinajstić information content (AvgIpc) is 2.88. The van der Waals surface area contributed by atoms with Crippen LogP contribution in [0.2, 0.25) is 5.02 Å². The normalized spacial score (nSPS) is 15.8. The van der Waals surface area contributed by atoms with Crippen LogP contribution in [0.3, 0.4) is 0 Å². The van der Waals surface area contributed by atoms with Gasteiger partial charge < -0.3 is 10.1 Å². The van der Waals surface area contributed by atoms with Gasteiger partial charge in [0.2, 0.25) is 0 Å². The van der Waals surface area contributed by atoms with Crippen LogP contribution in [0.25, 0.3) is 6.08 Å². The molecule has 0 atom stereocenters. The summed E-state index contributed by atoms with van der Waals surface area (Å²) in [6, 6.07) is 14.3. The monoisotopic (exact) mass is 374 g/mol. The average molecular weight is 375 g/mol. The topological polar surface area (TPSA) is 58.6 Å². The quantitative estimate of drug-likeness (QED) is 0.783. The van der Waals surface area contributed by atoms with Crippen molar-refractivity contribution in [2.24, 2.45) is 0 Å². The van der Waals surface area contributed by atoms with E-state index in [-0.39, 0.29) is 17.8 Å². The summed E-state index contributed by atoms with van der Waals surface area (Å²) in [5.74, 6) is 0.372. The van der Waals surface area contributed by atoms with Gasteiger partial charge in [-0.15, -0.1) is 0 Å². The third kappa shape index (κ3) is 4.15. The number of nitrogens with zero attached hydrogens (tertiary/aromatic N) is 1. The van der Waals surface area contributed by atoms with Gasteiger partial charge in [-0.05, 0) is 59.8 Å². The molecule has 1 N–H and O–H groups in total. The van der Waals surface area contributed by atoms with Crippen molar-refractivity contribution in [1.82, 2.24) is 4.90 Å². The molecule has 2 aromatic carbocycles. The first-order valence-corrected chi connectivity index (χ1v) is 8.65. The molecule has 1 aliphatic rings. The van der Waals surface area contributed by atoms with Crippen LogP contribution in [0, 0.1) is 0 Å². The summed E-state index contributed by atoms with van der Waals surface area (Å²) < 4.78 is 5.17. The first-order chi connectivity index (χ1) is 12.1. The molecule has 1 saturated heterocycles. The Morgan fingerprint density at radius 1 is 1.20 bits per heavy atom. The third-order valence-electron chi connectivity index (χ3n) is 3.55. The van der Waals surface area contributed by atoms with Crippen LogP contribution in [0.4, 0.5) is 10.5 Å². The van der Waals surface area contributed by atoms with E-state index in [0.29, 0.717) is 15.7 Å². The Morgan fingerprint density at radius 3 is 2.68 bits per heavy atom. The third-order valence-corrected chi connectivity index (χ3v) is 4.71. The number of hydrogen-bond donors (Lipinski definition) is 1. The predicted octanol–water partition coefficient (Wildman–Crippen LogP) is 4.45. The second-order valence-corrected chi connectivity index (χ2v) is 6.66. The molecule has 2 amide bonds. The Kier molecular flexibility index (Phi) is 5.31. The molecule has 1 aliphatic heterocycles. The minimum absolute atomic E-state index is 0.0990. The van der Waals surface area contributed by atoms with Crippen molar-refractivity contribution >= 4 is 46.3 Å². The smallest absolute Gasteiger partial charge is 0.295 e. The maximum absolute atomic E-state index is 12.5. The Labute approximate surface area is 154 Å². The number of thioether (sulfide) groups is 1. The van der Waals surface area contributed by atoms with Gasteiger partial charge in [0, 0.05) is 10.7 Å². The Bertz CT molecular complexity index is 836. The first kappa shape index (κ1) is 17.4. The van der Waals surface area contributed by atoms with Crippen molar-refractivity contribution in [2.45, 2.75) is 0 Å². The molecule has 0 aliphatic carbocycles. The summed E-state index contributed by atoms with van der Waals surface area (Å²) in [4.78, 5) is 26.2. The fraction of sp³-hybridized carbons (Fsp3) is 0.111. The summed E-state index contributed by atoms with van der Waals surface area (Å²) in [6.07, 6.45) is 1.69. The highest BCUT2D eigenvalue weighted by Gasteiger charge is 2.34. The van der Waals surface area contributed by atoms with Gasteiger partial charge in [-0.2, -0.15) is 0 Å². The number of amides is 2. The van der Waals surface area contributed by atoms with Crippen molar-refractivity contribution in [1.29, 1.82) is 0 Å². The highest BCUT2D eigenvalue weighted by atomic mass is 35.5. The van der Waals surface area contributed by atoms with Crippen LogP contribution in [-0.2, 0) is 4.79 Å². The number of benzene rings is 2. The summed E-state index contributed by atoms with van der Waals surface area (Å²) >= 11 is 6.76. The molecule has 0 radical (unpaired) electrons. The van der Waals surface area contributed by atoms with Crippen LogP contribution >= 0.6 is 23.4 Å². The molecule has 1 heterocycles. The largest absolute Gasteiger partial charge is 0.497 e. The molecule has 5 nitrogen and oxygen atoms in total. The van der Waals surface area contributed by atoms with Gasteiger partial charge in [0.05, 0.1) is 18.7 Å². The number of hydrogen-bond acceptors (Lipinski definition) is 5. The molecule has 0 unspecified atom stereocenters. The standard InChI is InChI=1S/C18H15ClN2O3S/c1-24-15-4-2-3-12(9-15)10-16-17(22)21(18(23)25-16)11-20-14-7-5-13(19)6-8-14/h2-10,20H,11H2,1H3/b16-10+. The van der Waals surface area contributed by atoms with Gasteiger partial charge in [0.15, 0.2) is 0 Å². The number of rotatable bonds is 5. The zero-order chi connectivity index (χ0) is 17.8. The molecule has 0 saturated carbocycles. The summed E-state index contributed by atoms with van der Waals surface area (Å²) in [7, 11) is 1.58. The molecule has 0 bridgehead atoms. The number of nitrogens with one attached hydrogen (secondary N) is 1. The van der Waals surface area contributed by atoms with Crippen molar-refractivity contribution < 1.29 is 14.3 Å². The fourth-order valence-electron chi connectivity index (χ4n) is 2.26. The minimum atomic E-state index is -0.320. The molecule has 1 fully saturated rings. The van der Waals surface area contributed by atoms with Crippen LogP contribution in [0.15, 0.2) is 53.4 Å². The van der Waals surface area contributed by atoms with E-state index in [1.54, 1.807) is 43.5 Å². The second kappa shape index (κ2) is 7.63. The number of halogens is 1. The lowest BCUT2D eigenvalue weighted by atomic mass is 10.2. The van der Waals surface area contributed by atoms with Gasteiger partial charge in [0.1, 0.15) is 5.75 Å². The van der Waals surface area contributed by atoms with Crippen LogP contribution in [-0.4, -0.2) is 29.8 Å². The fourth-order valence-corrected chi connectivity index (χ4v) is 3.22. The second-order valence-electron chi connectivity index (χ2n) is 5.23. The van der Waals surface area contributed by atoms with E-state index in [4.69, 9.17) is 16.3 Å². The van der Waals surface area contributed by atoms with Gasteiger partial charge in [-0.25, -0.2) is 0 Å².